The SMILES string of the molecule is COC(=O)C(C)(O)COc1ccc(Cl)c(Cl)c1. The molecule has 1 N–H and O–H groups in total. The topological polar surface area (TPSA) is 55.8 Å². The normalized spacial score (nSPS) is 13.9. The lowest BCUT2D eigenvalue weighted by Crippen LogP contribution is -2.42. The maximum atomic E-state index is 11.2. The fourth-order valence-electron chi connectivity index (χ4n) is 1.07. The van der Waals surface area contributed by atoms with E-state index >= 15 is 0 Å². The lowest BCUT2D eigenvalue weighted by Gasteiger charge is -2.20. The first-order chi connectivity index (χ1) is 7.86. The zero-order valence-corrected chi connectivity index (χ0v) is 10.9. The third kappa shape index (κ3) is 3.77. The maximum Gasteiger partial charge on any atom is 0.341 e. The molecule has 0 saturated carbocycles. The van der Waals surface area contributed by atoms with Gasteiger partial charge in [0, 0.05) is 6.07 Å². The first kappa shape index (κ1) is 14.1. The van der Waals surface area contributed by atoms with E-state index in [0.717, 1.165) is 0 Å². The highest BCUT2D eigenvalue weighted by atomic mass is 35.5. The molecule has 1 aromatic carbocycles. The van der Waals surface area contributed by atoms with Gasteiger partial charge >= 0.3 is 5.97 Å². The largest absolute Gasteiger partial charge is 0.490 e. The van der Waals surface area contributed by atoms with Crippen molar-refractivity contribution in [2.45, 2.75) is 12.5 Å². The average Bonchev–Trinajstić information content (AvgIpc) is 2.29. The maximum absolute atomic E-state index is 11.2. The fraction of sp³-hybridized carbons (Fsp3) is 0.364. The van der Waals surface area contributed by atoms with Gasteiger partial charge in [0.1, 0.15) is 12.4 Å². The summed E-state index contributed by atoms with van der Waals surface area (Å²) in [5, 5.41) is 10.4. The lowest BCUT2D eigenvalue weighted by molar-refractivity contribution is -0.163. The number of hydrogen-bond acceptors (Lipinski definition) is 4. The number of benzene rings is 1. The van der Waals surface area contributed by atoms with Crippen LogP contribution in [-0.4, -0.2) is 30.4 Å². The summed E-state index contributed by atoms with van der Waals surface area (Å²) in [7, 11) is 1.19. The van der Waals surface area contributed by atoms with E-state index in [1.165, 1.54) is 20.1 Å². The van der Waals surface area contributed by atoms with Gasteiger partial charge in [-0.05, 0) is 19.1 Å². The first-order valence-corrected chi connectivity index (χ1v) is 5.51. The summed E-state index contributed by atoms with van der Waals surface area (Å²) < 4.78 is 9.67. The van der Waals surface area contributed by atoms with Crippen molar-refractivity contribution in [2.24, 2.45) is 0 Å². The van der Waals surface area contributed by atoms with Crippen molar-refractivity contribution in [3.05, 3.63) is 28.2 Å². The van der Waals surface area contributed by atoms with Crippen molar-refractivity contribution < 1.29 is 19.4 Å². The van der Waals surface area contributed by atoms with E-state index in [-0.39, 0.29) is 6.61 Å². The first-order valence-electron chi connectivity index (χ1n) is 4.75. The predicted molar refractivity (Wildman–Crippen MR) is 64.6 cm³/mol. The Kier molecular flexibility index (Phi) is 4.62. The standard InChI is InChI=1S/C11H12Cl2O4/c1-11(15,10(14)16-2)6-17-7-3-4-8(12)9(13)5-7/h3-5,15H,6H2,1-2H3. The van der Waals surface area contributed by atoms with Crippen LogP contribution >= 0.6 is 23.2 Å². The van der Waals surface area contributed by atoms with Crippen molar-refractivity contribution in [3.63, 3.8) is 0 Å². The van der Waals surface area contributed by atoms with Gasteiger partial charge in [-0.3, -0.25) is 0 Å². The molecule has 0 aromatic heterocycles. The second-order valence-corrected chi connectivity index (χ2v) is 4.44. The van der Waals surface area contributed by atoms with Crippen LogP contribution in [0.5, 0.6) is 5.75 Å². The highest BCUT2D eigenvalue weighted by Gasteiger charge is 2.32. The minimum Gasteiger partial charge on any atom is -0.490 e. The van der Waals surface area contributed by atoms with Crippen LogP contribution < -0.4 is 4.74 Å². The Hall–Kier alpha value is -0.970. The molecule has 0 aliphatic heterocycles. The van der Waals surface area contributed by atoms with Crippen LogP contribution in [0.15, 0.2) is 18.2 Å². The molecule has 0 aliphatic rings. The number of methoxy groups -OCH3 is 1. The Morgan fingerprint density at radius 2 is 2.06 bits per heavy atom. The molecule has 0 radical (unpaired) electrons. The molecule has 4 nitrogen and oxygen atoms in total. The van der Waals surface area contributed by atoms with E-state index in [2.05, 4.69) is 4.74 Å². The highest BCUT2D eigenvalue weighted by Crippen LogP contribution is 2.26. The summed E-state index contributed by atoms with van der Waals surface area (Å²) in [6, 6.07) is 4.64. The van der Waals surface area contributed by atoms with Gasteiger partial charge in [-0.15, -0.1) is 0 Å². The van der Waals surface area contributed by atoms with E-state index in [1.54, 1.807) is 12.1 Å². The van der Waals surface area contributed by atoms with E-state index < -0.39 is 11.6 Å². The van der Waals surface area contributed by atoms with E-state index in [4.69, 9.17) is 27.9 Å². The van der Waals surface area contributed by atoms with Crippen LogP contribution in [0.4, 0.5) is 0 Å². The van der Waals surface area contributed by atoms with Crippen molar-refractivity contribution in [1.82, 2.24) is 0 Å². The van der Waals surface area contributed by atoms with Gasteiger partial charge in [-0.2, -0.15) is 0 Å². The number of halogens is 2. The number of aliphatic hydroxyl groups is 1. The minimum absolute atomic E-state index is 0.238. The molecule has 1 atom stereocenters. The zero-order valence-electron chi connectivity index (χ0n) is 9.37. The summed E-state index contributed by atoms with van der Waals surface area (Å²) in [6.07, 6.45) is 0. The Bertz CT molecular complexity index is 418. The zero-order chi connectivity index (χ0) is 13.1. The smallest absolute Gasteiger partial charge is 0.341 e. The third-order valence-corrected chi connectivity index (χ3v) is 2.78. The lowest BCUT2D eigenvalue weighted by atomic mass is 10.1. The van der Waals surface area contributed by atoms with Crippen LogP contribution in [0, 0.1) is 0 Å². The molecule has 94 valence electrons. The number of carbonyl (C=O) groups excluding carboxylic acids is 1. The molecule has 1 aromatic rings. The fourth-order valence-corrected chi connectivity index (χ4v) is 1.36. The summed E-state index contributed by atoms with van der Waals surface area (Å²) in [4.78, 5) is 11.2. The molecule has 0 bridgehead atoms. The molecule has 6 heteroatoms. The van der Waals surface area contributed by atoms with E-state index in [0.29, 0.717) is 15.8 Å². The number of esters is 1. The molecule has 1 unspecified atom stereocenters. The minimum atomic E-state index is -1.71. The van der Waals surface area contributed by atoms with Crippen molar-refractivity contribution in [3.8, 4) is 5.75 Å². The molecular formula is C11H12Cl2O4. The highest BCUT2D eigenvalue weighted by molar-refractivity contribution is 6.42. The summed E-state index contributed by atoms with van der Waals surface area (Å²) in [6.45, 7) is 1.06. The molecule has 1 rings (SSSR count). The Morgan fingerprint density at radius 1 is 1.41 bits per heavy atom. The Morgan fingerprint density at radius 3 is 2.59 bits per heavy atom. The molecular weight excluding hydrogens is 267 g/mol. The number of ether oxygens (including phenoxy) is 2. The van der Waals surface area contributed by atoms with Gasteiger partial charge in [-0.1, -0.05) is 23.2 Å². The van der Waals surface area contributed by atoms with Crippen LogP contribution in [0.25, 0.3) is 0 Å². The number of rotatable bonds is 4. The molecule has 0 amide bonds. The number of hydrogen-bond donors (Lipinski definition) is 1. The van der Waals surface area contributed by atoms with Gasteiger partial charge < -0.3 is 14.6 Å². The quantitative estimate of drug-likeness (QED) is 0.859. The van der Waals surface area contributed by atoms with Gasteiger partial charge in [0.15, 0.2) is 5.60 Å². The average molecular weight is 279 g/mol. The van der Waals surface area contributed by atoms with Gasteiger partial charge in [0.2, 0.25) is 0 Å². The van der Waals surface area contributed by atoms with Crippen molar-refractivity contribution in [2.75, 3.05) is 13.7 Å². The van der Waals surface area contributed by atoms with E-state index in [9.17, 15) is 9.90 Å². The van der Waals surface area contributed by atoms with E-state index in [1.807, 2.05) is 0 Å². The van der Waals surface area contributed by atoms with Gasteiger partial charge in [0.05, 0.1) is 17.2 Å². The third-order valence-electron chi connectivity index (χ3n) is 2.04. The molecule has 0 aliphatic carbocycles. The molecule has 17 heavy (non-hydrogen) atoms. The second kappa shape index (κ2) is 5.58. The second-order valence-electron chi connectivity index (χ2n) is 3.63. The van der Waals surface area contributed by atoms with Crippen molar-refractivity contribution in [1.29, 1.82) is 0 Å². The molecule has 0 heterocycles. The Labute approximate surface area is 109 Å². The molecule has 0 spiro atoms. The van der Waals surface area contributed by atoms with Gasteiger partial charge in [-0.25, -0.2) is 4.79 Å². The van der Waals surface area contributed by atoms with Gasteiger partial charge in [0.25, 0.3) is 0 Å². The Balaban J connectivity index is 2.67. The monoisotopic (exact) mass is 278 g/mol. The predicted octanol–water partition coefficient (Wildman–Crippen LogP) is 2.30. The summed E-state index contributed by atoms with van der Waals surface area (Å²) in [5.74, 6) is -0.360. The summed E-state index contributed by atoms with van der Waals surface area (Å²) >= 11 is 11.5. The van der Waals surface area contributed by atoms with Crippen LogP contribution in [-0.2, 0) is 9.53 Å². The van der Waals surface area contributed by atoms with Crippen LogP contribution in [0.3, 0.4) is 0 Å². The van der Waals surface area contributed by atoms with Crippen molar-refractivity contribution >= 4 is 29.2 Å². The van der Waals surface area contributed by atoms with Crippen LogP contribution in [0.1, 0.15) is 6.92 Å². The van der Waals surface area contributed by atoms with Crippen LogP contribution in [0.2, 0.25) is 10.0 Å². The molecule has 0 saturated heterocycles. The molecule has 0 fully saturated rings. The summed E-state index contributed by atoms with van der Waals surface area (Å²) in [5.41, 5.74) is -1.71. The number of carbonyl (C=O) groups is 1.